The number of hydrogen-bond donors (Lipinski definition) is 2. The summed E-state index contributed by atoms with van der Waals surface area (Å²) in [7, 11) is 2.05. The van der Waals surface area contributed by atoms with Gasteiger partial charge in [0.25, 0.3) is 0 Å². The maximum absolute atomic E-state index is 11.2. The molecule has 0 radical (unpaired) electrons. The molecule has 1 unspecified atom stereocenters. The molecule has 1 aromatic carbocycles. The Morgan fingerprint density at radius 2 is 2.39 bits per heavy atom. The average Bonchev–Trinajstić information content (AvgIpc) is 2.94. The number of anilines is 2. The highest BCUT2D eigenvalue weighted by atomic mass is 32.2. The maximum atomic E-state index is 11.2. The lowest BCUT2D eigenvalue weighted by molar-refractivity contribution is 0.555. The quantitative estimate of drug-likeness (QED) is 0.807. The first kappa shape index (κ1) is 11.5. The Kier molecular flexibility index (Phi) is 2.74. The number of thioether (sulfide) groups is 1. The molecule has 1 aliphatic rings. The lowest BCUT2D eigenvalue weighted by Gasteiger charge is -2.27. The summed E-state index contributed by atoms with van der Waals surface area (Å²) in [6, 6.07) is 4.10. The van der Waals surface area contributed by atoms with E-state index in [0.717, 1.165) is 11.4 Å². The molecular weight excluding hydrogens is 250 g/mol. The lowest BCUT2D eigenvalue weighted by Crippen LogP contribution is -2.31. The third-order valence-corrected chi connectivity index (χ3v) is 4.55. The number of nitrogens with zero attached hydrogens (tertiary/aromatic N) is 1. The molecule has 0 spiro atoms. The van der Waals surface area contributed by atoms with E-state index in [-0.39, 0.29) is 0 Å². The van der Waals surface area contributed by atoms with E-state index in [9.17, 15) is 4.79 Å². The van der Waals surface area contributed by atoms with E-state index < -0.39 is 5.76 Å². The van der Waals surface area contributed by atoms with Crippen molar-refractivity contribution >= 4 is 34.2 Å². The van der Waals surface area contributed by atoms with Crippen LogP contribution < -0.4 is 16.4 Å². The molecule has 0 saturated carbocycles. The van der Waals surface area contributed by atoms with Gasteiger partial charge in [-0.25, -0.2) is 4.79 Å². The molecule has 18 heavy (non-hydrogen) atoms. The highest BCUT2D eigenvalue weighted by Gasteiger charge is 2.22. The molecule has 1 saturated heterocycles. The first-order valence-corrected chi connectivity index (χ1v) is 7.03. The van der Waals surface area contributed by atoms with Gasteiger partial charge in [-0.05, 0) is 18.2 Å². The van der Waals surface area contributed by atoms with Crippen LogP contribution in [0.3, 0.4) is 0 Å². The van der Waals surface area contributed by atoms with Gasteiger partial charge in [0.15, 0.2) is 5.58 Å². The van der Waals surface area contributed by atoms with Gasteiger partial charge in [-0.3, -0.25) is 4.98 Å². The SMILES string of the molecule is CN(c1cc2[nH]c(=O)oc2cc1N)C1CCSC1. The second-order valence-corrected chi connectivity index (χ2v) is 5.70. The second-order valence-electron chi connectivity index (χ2n) is 4.55. The summed E-state index contributed by atoms with van der Waals surface area (Å²) in [5, 5.41) is 0. The molecule has 2 aromatic rings. The Morgan fingerprint density at radius 1 is 1.56 bits per heavy atom. The number of hydrogen-bond acceptors (Lipinski definition) is 5. The Labute approximate surface area is 108 Å². The maximum Gasteiger partial charge on any atom is 0.417 e. The molecule has 3 N–H and O–H groups in total. The highest BCUT2D eigenvalue weighted by Crippen LogP contribution is 2.32. The van der Waals surface area contributed by atoms with Crippen molar-refractivity contribution in [3.05, 3.63) is 22.7 Å². The van der Waals surface area contributed by atoms with E-state index in [1.165, 1.54) is 12.2 Å². The number of aromatic amines is 1. The van der Waals surface area contributed by atoms with E-state index in [1.54, 1.807) is 6.07 Å². The molecule has 96 valence electrons. The van der Waals surface area contributed by atoms with E-state index in [0.29, 0.717) is 22.8 Å². The Balaban J connectivity index is 2.04. The van der Waals surface area contributed by atoms with Crippen molar-refractivity contribution in [2.45, 2.75) is 12.5 Å². The number of nitrogens with one attached hydrogen (secondary N) is 1. The van der Waals surface area contributed by atoms with E-state index in [2.05, 4.69) is 9.88 Å². The summed E-state index contributed by atoms with van der Waals surface area (Å²) in [6.45, 7) is 0. The molecular formula is C12H15N3O2S. The smallest absolute Gasteiger partial charge is 0.408 e. The zero-order valence-electron chi connectivity index (χ0n) is 10.1. The second kappa shape index (κ2) is 4.28. The van der Waals surface area contributed by atoms with Gasteiger partial charge in [-0.1, -0.05) is 0 Å². The molecule has 1 aliphatic heterocycles. The predicted octanol–water partition coefficient (Wildman–Crippen LogP) is 1.65. The van der Waals surface area contributed by atoms with Gasteiger partial charge in [0, 0.05) is 24.9 Å². The third kappa shape index (κ3) is 1.86. The van der Waals surface area contributed by atoms with Crippen LogP contribution in [-0.2, 0) is 0 Å². The van der Waals surface area contributed by atoms with Crippen molar-refractivity contribution in [2.24, 2.45) is 0 Å². The number of benzene rings is 1. The van der Waals surface area contributed by atoms with Crippen LogP contribution in [-0.4, -0.2) is 29.6 Å². The van der Waals surface area contributed by atoms with Crippen molar-refractivity contribution in [2.75, 3.05) is 29.2 Å². The van der Waals surface area contributed by atoms with E-state index in [1.807, 2.05) is 24.9 Å². The van der Waals surface area contributed by atoms with Gasteiger partial charge in [0.1, 0.15) is 0 Å². The fourth-order valence-corrected chi connectivity index (χ4v) is 3.60. The zero-order valence-corrected chi connectivity index (χ0v) is 10.9. The Morgan fingerprint density at radius 3 is 3.11 bits per heavy atom. The minimum absolute atomic E-state index is 0.444. The molecule has 1 aromatic heterocycles. The van der Waals surface area contributed by atoms with Crippen molar-refractivity contribution in [1.82, 2.24) is 4.98 Å². The number of fused-ring (bicyclic) bond motifs is 1. The minimum Gasteiger partial charge on any atom is -0.408 e. The summed E-state index contributed by atoms with van der Waals surface area (Å²) in [5.41, 5.74) is 8.84. The first-order valence-electron chi connectivity index (χ1n) is 5.88. The fourth-order valence-electron chi connectivity index (χ4n) is 2.33. The molecule has 5 nitrogen and oxygen atoms in total. The number of oxazole rings is 1. The van der Waals surface area contributed by atoms with Crippen molar-refractivity contribution in [1.29, 1.82) is 0 Å². The topological polar surface area (TPSA) is 75.3 Å². The summed E-state index contributed by atoms with van der Waals surface area (Å²) >= 11 is 1.96. The van der Waals surface area contributed by atoms with Crippen LogP contribution in [0.2, 0.25) is 0 Å². The summed E-state index contributed by atoms with van der Waals surface area (Å²) in [5.74, 6) is 1.87. The molecule has 6 heteroatoms. The normalized spacial score (nSPS) is 19.5. The van der Waals surface area contributed by atoms with Crippen LogP contribution in [0.1, 0.15) is 6.42 Å². The molecule has 3 rings (SSSR count). The summed E-state index contributed by atoms with van der Waals surface area (Å²) in [6.07, 6.45) is 1.17. The Hall–Kier alpha value is -1.56. The number of nitrogens with two attached hydrogens (primary N) is 1. The van der Waals surface area contributed by atoms with Crippen molar-refractivity contribution in [3.8, 4) is 0 Å². The van der Waals surface area contributed by atoms with Crippen molar-refractivity contribution < 1.29 is 4.42 Å². The summed E-state index contributed by atoms with van der Waals surface area (Å²) < 4.78 is 5.00. The summed E-state index contributed by atoms with van der Waals surface area (Å²) in [4.78, 5) is 16.0. The van der Waals surface area contributed by atoms with Crippen molar-refractivity contribution in [3.63, 3.8) is 0 Å². The van der Waals surface area contributed by atoms with Crippen LogP contribution in [0.15, 0.2) is 21.3 Å². The monoisotopic (exact) mass is 265 g/mol. The Bertz CT molecular complexity index is 628. The standard InChI is InChI=1S/C12H15N3O2S/c1-15(7-2-3-18-6-7)10-5-9-11(4-8(10)13)17-12(16)14-9/h4-5,7H,2-3,6,13H2,1H3,(H,14,16). The van der Waals surface area contributed by atoms with Crippen LogP contribution in [0.25, 0.3) is 11.1 Å². The van der Waals surface area contributed by atoms with Crippen LogP contribution in [0.4, 0.5) is 11.4 Å². The fraction of sp³-hybridized carbons (Fsp3) is 0.417. The first-order chi connectivity index (χ1) is 8.65. The average molecular weight is 265 g/mol. The number of rotatable bonds is 2. The van der Waals surface area contributed by atoms with Crippen LogP contribution in [0.5, 0.6) is 0 Å². The minimum atomic E-state index is -0.444. The molecule has 0 aliphatic carbocycles. The number of H-pyrrole nitrogens is 1. The molecule has 2 heterocycles. The van der Waals surface area contributed by atoms with Gasteiger partial charge in [-0.15, -0.1) is 0 Å². The van der Waals surface area contributed by atoms with Gasteiger partial charge >= 0.3 is 5.76 Å². The third-order valence-electron chi connectivity index (χ3n) is 3.40. The van der Waals surface area contributed by atoms with E-state index >= 15 is 0 Å². The predicted molar refractivity (Wildman–Crippen MR) is 75.4 cm³/mol. The molecule has 0 amide bonds. The van der Waals surface area contributed by atoms with Gasteiger partial charge < -0.3 is 15.1 Å². The van der Waals surface area contributed by atoms with Crippen LogP contribution in [0, 0.1) is 0 Å². The number of nitrogen functional groups attached to an aromatic ring is 1. The molecule has 0 bridgehead atoms. The zero-order chi connectivity index (χ0) is 12.7. The van der Waals surface area contributed by atoms with Gasteiger partial charge in [0.2, 0.25) is 0 Å². The highest BCUT2D eigenvalue weighted by molar-refractivity contribution is 7.99. The molecule has 1 fully saturated rings. The van der Waals surface area contributed by atoms with Gasteiger partial charge in [-0.2, -0.15) is 11.8 Å². The largest absolute Gasteiger partial charge is 0.417 e. The number of aromatic nitrogens is 1. The van der Waals surface area contributed by atoms with E-state index in [4.69, 9.17) is 10.2 Å². The van der Waals surface area contributed by atoms with Gasteiger partial charge in [0.05, 0.1) is 16.9 Å². The molecule has 1 atom stereocenters. The van der Waals surface area contributed by atoms with Crippen LogP contribution >= 0.6 is 11.8 Å². The lowest BCUT2D eigenvalue weighted by atomic mass is 10.1.